The number of allylic oxidation sites excluding steroid dienone is 1. The number of esters is 1. The molecular weight excluding hydrogens is 388 g/mol. The molecule has 1 aliphatic heterocycles. The summed E-state index contributed by atoms with van der Waals surface area (Å²) < 4.78 is 6.09. The predicted octanol–water partition coefficient (Wildman–Crippen LogP) is 2.51. The second kappa shape index (κ2) is 6.72. The average Bonchev–Trinajstić information content (AvgIpc) is 2.53. The highest BCUT2D eigenvalue weighted by molar-refractivity contribution is 9.10. The lowest BCUT2D eigenvalue weighted by Crippen LogP contribution is -2.29. The highest BCUT2D eigenvalue weighted by Crippen LogP contribution is 2.43. The molecule has 0 saturated heterocycles. The molecule has 1 unspecified atom stereocenters. The van der Waals surface area contributed by atoms with Crippen molar-refractivity contribution in [2.75, 3.05) is 17.7 Å². The third kappa shape index (κ3) is 3.17. The van der Waals surface area contributed by atoms with Gasteiger partial charge < -0.3 is 15.8 Å². The smallest absolute Gasteiger partial charge is 0.348 e. The van der Waals surface area contributed by atoms with Gasteiger partial charge in [-0.15, -0.1) is 0 Å². The number of nitrogens with one attached hydrogen (secondary N) is 2. The maximum absolute atomic E-state index is 12.6. The fourth-order valence-corrected chi connectivity index (χ4v) is 3.41. The molecule has 2 aromatic rings. The van der Waals surface area contributed by atoms with Crippen LogP contribution < -0.4 is 16.7 Å². The number of halogens is 1. The van der Waals surface area contributed by atoms with Crippen LogP contribution in [-0.4, -0.2) is 22.5 Å². The predicted molar refractivity (Wildman–Crippen MR) is 98.2 cm³/mol. The largest absolute Gasteiger partial charge is 0.463 e. The molecule has 0 amide bonds. The Morgan fingerprint density at radius 3 is 2.88 bits per heavy atom. The van der Waals surface area contributed by atoms with Gasteiger partial charge in [0, 0.05) is 15.7 Å². The second-order valence-electron chi connectivity index (χ2n) is 5.59. The minimum absolute atomic E-state index is 0.168. The second-order valence-corrected chi connectivity index (χ2v) is 6.51. The van der Waals surface area contributed by atoms with Crippen LogP contribution in [-0.2, 0) is 9.53 Å². The van der Waals surface area contributed by atoms with Crippen LogP contribution in [0.4, 0.5) is 11.6 Å². The van der Waals surface area contributed by atoms with E-state index in [-0.39, 0.29) is 12.4 Å². The Balaban J connectivity index is 2.28. The number of nitrogens with zero attached hydrogens (tertiary/aromatic N) is 1. The van der Waals surface area contributed by atoms with Crippen LogP contribution in [0, 0.1) is 0 Å². The molecule has 1 aromatic carbocycles. The summed E-state index contributed by atoms with van der Waals surface area (Å²) in [6, 6.07) is 7.55. The zero-order valence-electron chi connectivity index (χ0n) is 13.7. The van der Waals surface area contributed by atoms with Crippen LogP contribution in [0.3, 0.4) is 0 Å². The van der Waals surface area contributed by atoms with Gasteiger partial charge in [-0.05, 0) is 31.5 Å². The number of ether oxygens (including phenoxy) is 1. The number of carbonyl (C=O) groups is 1. The van der Waals surface area contributed by atoms with Crippen LogP contribution in [0.1, 0.15) is 30.9 Å². The normalized spacial score (nSPS) is 16.2. The molecule has 0 spiro atoms. The zero-order chi connectivity index (χ0) is 18.1. The van der Waals surface area contributed by atoms with E-state index in [1.807, 2.05) is 24.3 Å². The van der Waals surface area contributed by atoms with Gasteiger partial charge in [-0.1, -0.05) is 28.1 Å². The van der Waals surface area contributed by atoms with E-state index in [1.54, 1.807) is 13.8 Å². The summed E-state index contributed by atoms with van der Waals surface area (Å²) in [6.45, 7) is 3.76. The summed E-state index contributed by atoms with van der Waals surface area (Å²) in [5.41, 5.74) is 7.91. The number of hydrogen-bond acceptors (Lipinski definition) is 6. The maximum Gasteiger partial charge on any atom is 0.348 e. The van der Waals surface area contributed by atoms with E-state index in [0.29, 0.717) is 22.7 Å². The fourth-order valence-electron chi connectivity index (χ4n) is 2.99. The van der Waals surface area contributed by atoms with Crippen LogP contribution in [0.15, 0.2) is 44.8 Å². The zero-order valence-corrected chi connectivity index (χ0v) is 15.3. The van der Waals surface area contributed by atoms with Gasteiger partial charge in [-0.2, -0.15) is 4.98 Å². The molecule has 2 heterocycles. The van der Waals surface area contributed by atoms with Crippen LogP contribution >= 0.6 is 15.9 Å². The summed E-state index contributed by atoms with van der Waals surface area (Å²) in [5, 5.41) is 3.00. The van der Waals surface area contributed by atoms with Crippen molar-refractivity contribution in [2.24, 2.45) is 0 Å². The first kappa shape index (κ1) is 17.2. The quantitative estimate of drug-likeness (QED) is 0.677. The first-order valence-corrected chi connectivity index (χ1v) is 8.51. The number of benzene rings is 1. The van der Waals surface area contributed by atoms with E-state index in [9.17, 15) is 9.59 Å². The highest BCUT2D eigenvalue weighted by atomic mass is 79.9. The Labute approximate surface area is 152 Å². The van der Waals surface area contributed by atoms with E-state index in [2.05, 4.69) is 31.2 Å². The van der Waals surface area contributed by atoms with Gasteiger partial charge in [0.25, 0.3) is 0 Å². The van der Waals surface area contributed by atoms with Gasteiger partial charge in [0.1, 0.15) is 11.6 Å². The third-order valence-electron chi connectivity index (χ3n) is 3.96. The molecule has 4 N–H and O–H groups in total. The van der Waals surface area contributed by atoms with Gasteiger partial charge in [0.15, 0.2) is 0 Å². The lowest BCUT2D eigenvalue weighted by Gasteiger charge is -2.29. The monoisotopic (exact) mass is 404 g/mol. The first-order valence-electron chi connectivity index (χ1n) is 7.72. The van der Waals surface area contributed by atoms with Crippen molar-refractivity contribution in [2.45, 2.75) is 19.8 Å². The van der Waals surface area contributed by atoms with Gasteiger partial charge in [-0.25, -0.2) is 9.59 Å². The van der Waals surface area contributed by atoms with Crippen molar-refractivity contribution >= 4 is 33.5 Å². The number of nitrogens with two attached hydrogens (primary N) is 1. The summed E-state index contributed by atoms with van der Waals surface area (Å²) in [7, 11) is 0. The lowest BCUT2D eigenvalue weighted by molar-refractivity contribution is -0.138. The molecule has 7 nitrogen and oxygen atoms in total. The SMILES string of the molecule is CCOC(=O)C1=C(C)Nc2nc(=O)[nH]c(N)c2C1c1cccc(Br)c1. The van der Waals surface area contributed by atoms with E-state index in [4.69, 9.17) is 10.5 Å². The number of rotatable bonds is 3. The molecule has 1 aliphatic rings. The molecule has 1 aromatic heterocycles. The molecule has 1 atom stereocenters. The number of hydrogen-bond donors (Lipinski definition) is 3. The summed E-state index contributed by atoms with van der Waals surface area (Å²) in [4.78, 5) is 30.7. The number of carbonyl (C=O) groups excluding carboxylic acids is 1. The molecule has 0 saturated carbocycles. The number of H-pyrrole nitrogens is 1. The Bertz CT molecular complexity index is 936. The number of nitrogen functional groups attached to an aromatic ring is 1. The van der Waals surface area contributed by atoms with Gasteiger partial charge in [0.2, 0.25) is 0 Å². The van der Waals surface area contributed by atoms with Gasteiger partial charge in [0.05, 0.1) is 18.1 Å². The molecular formula is C17H17BrN4O3. The lowest BCUT2D eigenvalue weighted by atomic mass is 9.82. The number of aromatic nitrogens is 2. The molecule has 0 aliphatic carbocycles. The average molecular weight is 405 g/mol. The molecule has 25 heavy (non-hydrogen) atoms. The molecule has 0 fully saturated rings. The van der Waals surface area contributed by atoms with Crippen molar-refractivity contribution in [3.8, 4) is 0 Å². The summed E-state index contributed by atoms with van der Waals surface area (Å²) >= 11 is 3.45. The number of aromatic amines is 1. The maximum atomic E-state index is 12.6. The molecule has 3 rings (SSSR count). The number of fused-ring (bicyclic) bond motifs is 1. The summed E-state index contributed by atoms with van der Waals surface area (Å²) in [5.74, 6) is -0.426. The van der Waals surface area contributed by atoms with E-state index < -0.39 is 17.6 Å². The standard InChI is InChI=1S/C17H17BrN4O3/c1-3-25-16(23)11-8(2)20-15-13(14(19)21-17(24)22-15)12(11)9-5-4-6-10(18)7-9/h4-7,12H,3H2,1-2H3,(H4,19,20,21,22,24). The van der Waals surface area contributed by atoms with Crippen molar-refractivity contribution < 1.29 is 9.53 Å². The first-order chi connectivity index (χ1) is 11.9. The van der Waals surface area contributed by atoms with E-state index in [0.717, 1.165) is 10.0 Å². The van der Waals surface area contributed by atoms with Crippen LogP contribution in [0.2, 0.25) is 0 Å². The Morgan fingerprint density at radius 2 is 2.20 bits per heavy atom. The Kier molecular flexibility index (Phi) is 4.63. The summed E-state index contributed by atoms with van der Waals surface area (Å²) in [6.07, 6.45) is 0. The van der Waals surface area contributed by atoms with Crippen molar-refractivity contribution in [3.05, 3.63) is 61.6 Å². The molecule has 0 bridgehead atoms. The fraction of sp³-hybridized carbons (Fsp3) is 0.235. The Morgan fingerprint density at radius 1 is 1.44 bits per heavy atom. The minimum Gasteiger partial charge on any atom is -0.463 e. The van der Waals surface area contributed by atoms with E-state index >= 15 is 0 Å². The van der Waals surface area contributed by atoms with Crippen molar-refractivity contribution in [1.82, 2.24) is 9.97 Å². The highest BCUT2D eigenvalue weighted by Gasteiger charge is 2.36. The van der Waals surface area contributed by atoms with Gasteiger partial charge in [-0.3, -0.25) is 4.98 Å². The molecule has 130 valence electrons. The van der Waals surface area contributed by atoms with Crippen LogP contribution in [0.25, 0.3) is 0 Å². The number of anilines is 2. The minimum atomic E-state index is -0.552. The van der Waals surface area contributed by atoms with Gasteiger partial charge >= 0.3 is 11.7 Å². The topological polar surface area (TPSA) is 110 Å². The molecule has 8 heteroatoms. The van der Waals surface area contributed by atoms with Crippen molar-refractivity contribution in [1.29, 1.82) is 0 Å². The molecule has 0 radical (unpaired) electrons. The third-order valence-corrected chi connectivity index (χ3v) is 4.46. The van der Waals surface area contributed by atoms with E-state index in [1.165, 1.54) is 0 Å². The Hall–Kier alpha value is -2.61. The van der Waals surface area contributed by atoms with Crippen LogP contribution in [0.5, 0.6) is 0 Å². The van der Waals surface area contributed by atoms with Crippen molar-refractivity contribution in [3.63, 3.8) is 0 Å².